The largest absolute Gasteiger partial charge is 0.325 e. The van der Waals surface area contributed by atoms with Crippen molar-refractivity contribution in [3.8, 4) is 0 Å². The third kappa shape index (κ3) is 6.43. The number of nitrogens with zero attached hydrogens (tertiary/aromatic N) is 2. The molecule has 8 nitrogen and oxygen atoms in total. The van der Waals surface area contributed by atoms with Gasteiger partial charge in [0.15, 0.2) is 0 Å². The first kappa shape index (κ1) is 27.5. The summed E-state index contributed by atoms with van der Waals surface area (Å²) in [7, 11) is -1.97. The highest BCUT2D eigenvalue weighted by Crippen LogP contribution is 2.24. The highest BCUT2D eigenvalue weighted by Gasteiger charge is 2.25. The van der Waals surface area contributed by atoms with Crippen LogP contribution in [0.4, 0.5) is 11.4 Å². The molecule has 186 valence electrons. The van der Waals surface area contributed by atoms with Crippen LogP contribution in [0.3, 0.4) is 0 Å². The van der Waals surface area contributed by atoms with Gasteiger partial charge < -0.3 is 10.6 Å². The third-order valence-corrected chi connectivity index (χ3v) is 8.15. The Bertz CT molecular complexity index is 1120. The van der Waals surface area contributed by atoms with E-state index in [0.717, 1.165) is 16.8 Å². The predicted molar refractivity (Wildman–Crippen MR) is 137 cm³/mol. The maximum absolute atomic E-state index is 13.0. The van der Waals surface area contributed by atoms with Crippen molar-refractivity contribution >= 4 is 33.2 Å². The lowest BCUT2D eigenvalue weighted by molar-refractivity contribution is -0.122. The summed E-state index contributed by atoms with van der Waals surface area (Å²) in [6.07, 6.45) is 0. The van der Waals surface area contributed by atoms with Crippen molar-refractivity contribution in [1.29, 1.82) is 0 Å². The zero-order valence-corrected chi connectivity index (χ0v) is 21.9. The molecule has 0 spiro atoms. The summed E-state index contributed by atoms with van der Waals surface area (Å²) in [5.41, 5.74) is 3.72. The second-order valence-electron chi connectivity index (χ2n) is 8.46. The van der Waals surface area contributed by atoms with Crippen LogP contribution in [0.25, 0.3) is 0 Å². The number of sulfonamides is 1. The first-order chi connectivity index (χ1) is 15.9. The average molecular weight is 489 g/mol. The molecule has 2 aromatic carbocycles. The third-order valence-electron chi connectivity index (χ3n) is 5.96. The van der Waals surface area contributed by atoms with Gasteiger partial charge in [-0.1, -0.05) is 38.1 Å². The van der Waals surface area contributed by atoms with Gasteiger partial charge in [0.25, 0.3) is 0 Å². The molecule has 0 aliphatic heterocycles. The van der Waals surface area contributed by atoms with Crippen LogP contribution in [0, 0.1) is 20.8 Å². The number of hydrogen-bond donors (Lipinski definition) is 2. The minimum Gasteiger partial charge on any atom is -0.325 e. The number of rotatable bonds is 10. The Morgan fingerprint density at radius 2 is 1.53 bits per heavy atom. The molecule has 9 heteroatoms. The van der Waals surface area contributed by atoms with Gasteiger partial charge in [-0.15, -0.1) is 0 Å². The Hall–Kier alpha value is -2.75. The van der Waals surface area contributed by atoms with E-state index in [2.05, 4.69) is 10.6 Å². The van der Waals surface area contributed by atoms with Crippen LogP contribution in [-0.2, 0) is 19.6 Å². The summed E-state index contributed by atoms with van der Waals surface area (Å²) in [6, 6.07) is 10.0. The van der Waals surface area contributed by atoms with Crippen LogP contribution in [-0.4, -0.2) is 62.2 Å². The summed E-state index contributed by atoms with van der Waals surface area (Å²) < 4.78 is 27.3. The van der Waals surface area contributed by atoms with Crippen LogP contribution in [0.1, 0.15) is 37.5 Å². The predicted octanol–water partition coefficient (Wildman–Crippen LogP) is 3.54. The number of anilines is 2. The van der Waals surface area contributed by atoms with Gasteiger partial charge in [-0.05, 0) is 63.6 Å². The fourth-order valence-corrected chi connectivity index (χ4v) is 5.37. The quantitative estimate of drug-likeness (QED) is 0.533. The standard InChI is InChI=1S/C25H36N4O4S/c1-8-29(9-2)34(32,33)22-15-21(14-13-17(22)3)26-25(31)20(6)28(7)16-23(30)27-24-18(4)11-10-12-19(24)5/h10-15,20H,8-9,16H2,1-7H3,(H,26,31)(H,27,30)/t20-/m1/s1. The van der Waals surface area contributed by atoms with Crippen LogP contribution >= 0.6 is 0 Å². The van der Waals surface area contributed by atoms with E-state index in [1.54, 1.807) is 51.8 Å². The first-order valence-corrected chi connectivity index (χ1v) is 12.8. The SMILES string of the molecule is CCN(CC)S(=O)(=O)c1cc(NC(=O)[C@@H](C)N(C)CC(=O)Nc2c(C)cccc2C)ccc1C. The average Bonchev–Trinajstić information content (AvgIpc) is 2.77. The first-order valence-electron chi connectivity index (χ1n) is 11.4. The van der Waals surface area contributed by atoms with Crippen LogP contribution in [0.15, 0.2) is 41.3 Å². The van der Waals surface area contributed by atoms with Crippen molar-refractivity contribution in [1.82, 2.24) is 9.21 Å². The Morgan fingerprint density at radius 3 is 2.09 bits per heavy atom. The van der Waals surface area contributed by atoms with Gasteiger partial charge >= 0.3 is 0 Å². The van der Waals surface area contributed by atoms with Crippen molar-refractivity contribution in [3.05, 3.63) is 53.1 Å². The van der Waals surface area contributed by atoms with E-state index in [-0.39, 0.29) is 23.3 Å². The summed E-state index contributed by atoms with van der Waals surface area (Å²) in [5.74, 6) is -0.556. The van der Waals surface area contributed by atoms with Crippen molar-refractivity contribution < 1.29 is 18.0 Å². The van der Waals surface area contributed by atoms with Gasteiger partial charge in [-0.25, -0.2) is 8.42 Å². The Morgan fingerprint density at radius 1 is 0.941 bits per heavy atom. The normalized spacial score (nSPS) is 12.6. The number of amides is 2. The molecule has 2 N–H and O–H groups in total. The fraction of sp³-hybridized carbons (Fsp3) is 0.440. The molecule has 0 aromatic heterocycles. The van der Waals surface area contributed by atoms with E-state index < -0.39 is 16.1 Å². The Labute approximate surface area is 203 Å². The molecule has 0 heterocycles. The fourth-order valence-electron chi connectivity index (χ4n) is 3.66. The molecule has 0 fully saturated rings. The number of likely N-dealkylation sites (N-methyl/N-ethyl adjacent to an activating group) is 1. The van der Waals surface area contributed by atoms with E-state index in [4.69, 9.17) is 0 Å². The maximum atomic E-state index is 13.0. The highest BCUT2D eigenvalue weighted by molar-refractivity contribution is 7.89. The smallest absolute Gasteiger partial charge is 0.243 e. The molecule has 0 bridgehead atoms. The number of benzene rings is 2. The molecule has 1 atom stereocenters. The Kier molecular flexibility index (Phi) is 9.37. The van der Waals surface area contributed by atoms with E-state index in [0.29, 0.717) is 24.3 Å². The topological polar surface area (TPSA) is 98.8 Å². The van der Waals surface area contributed by atoms with Crippen LogP contribution in [0.2, 0.25) is 0 Å². The molecule has 0 unspecified atom stereocenters. The lowest BCUT2D eigenvalue weighted by Gasteiger charge is -2.24. The van der Waals surface area contributed by atoms with Gasteiger partial charge in [-0.3, -0.25) is 14.5 Å². The molecule has 0 saturated carbocycles. The van der Waals surface area contributed by atoms with Crippen molar-refractivity contribution in [2.24, 2.45) is 0 Å². The van der Waals surface area contributed by atoms with Gasteiger partial charge in [0.05, 0.1) is 17.5 Å². The lowest BCUT2D eigenvalue weighted by atomic mass is 10.1. The molecule has 2 amide bonds. The lowest BCUT2D eigenvalue weighted by Crippen LogP contribution is -2.43. The van der Waals surface area contributed by atoms with Gasteiger partial charge in [-0.2, -0.15) is 4.31 Å². The maximum Gasteiger partial charge on any atom is 0.243 e. The second-order valence-corrected chi connectivity index (χ2v) is 10.4. The van der Waals surface area contributed by atoms with E-state index in [1.807, 2.05) is 32.0 Å². The molecule has 0 aliphatic rings. The minimum atomic E-state index is -3.66. The second kappa shape index (κ2) is 11.6. The summed E-state index contributed by atoms with van der Waals surface area (Å²) in [6.45, 7) is 11.6. The molecule has 2 rings (SSSR count). The van der Waals surface area contributed by atoms with Gasteiger partial charge in [0.1, 0.15) is 0 Å². The number of para-hydroxylation sites is 1. The van der Waals surface area contributed by atoms with Crippen molar-refractivity contribution in [3.63, 3.8) is 0 Å². The summed E-state index contributed by atoms with van der Waals surface area (Å²) in [5, 5.41) is 5.70. The monoisotopic (exact) mass is 488 g/mol. The van der Waals surface area contributed by atoms with Crippen LogP contribution < -0.4 is 10.6 Å². The molecule has 0 aliphatic carbocycles. The number of hydrogen-bond acceptors (Lipinski definition) is 5. The van der Waals surface area contributed by atoms with E-state index in [9.17, 15) is 18.0 Å². The molecule has 0 saturated heterocycles. The molecule has 0 radical (unpaired) electrons. The number of carbonyl (C=O) groups excluding carboxylic acids is 2. The molecule has 34 heavy (non-hydrogen) atoms. The number of aryl methyl sites for hydroxylation is 3. The molecular weight excluding hydrogens is 452 g/mol. The summed E-state index contributed by atoms with van der Waals surface area (Å²) >= 11 is 0. The van der Waals surface area contributed by atoms with Crippen molar-refractivity contribution in [2.75, 3.05) is 37.3 Å². The highest BCUT2D eigenvalue weighted by atomic mass is 32.2. The van der Waals surface area contributed by atoms with Crippen LogP contribution in [0.5, 0.6) is 0 Å². The molecule has 2 aromatic rings. The zero-order valence-electron chi connectivity index (χ0n) is 21.1. The van der Waals surface area contributed by atoms with Gasteiger partial charge in [0.2, 0.25) is 21.8 Å². The van der Waals surface area contributed by atoms with Gasteiger partial charge in [0, 0.05) is 24.5 Å². The van der Waals surface area contributed by atoms with E-state index >= 15 is 0 Å². The molecular formula is C25H36N4O4S. The zero-order chi connectivity index (χ0) is 25.6. The van der Waals surface area contributed by atoms with Crippen molar-refractivity contribution in [2.45, 2.75) is 52.5 Å². The number of nitrogens with one attached hydrogen (secondary N) is 2. The Balaban J connectivity index is 2.09. The number of carbonyl (C=O) groups is 2. The summed E-state index contributed by atoms with van der Waals surface area (Å²) in [4.78, 5) is 27.2. The minimum absolute atomic E-state index is 0.0256. The van der Waals surface area contributed by atoms with E-state index in [1.165, 1.54) is 10.4 Å².